The van der Waals surface area contributed by atoms with Gasteiger partial charge in [0.05, 0.1) is 6.61 Å². The zero-order valence-electron chi connectivity index (χ0n) is 18.3. The first-order valence-electron chi connectivity index (χ1n) is 9.75. The van der Waals surface area contributed by atoms with Crippen LogP contribution in [-0.2, 0) is 31.0 Å². The molecule has 0 amide bonds. The molecule has 5 nitrogen and oxygen atoms in total. The number of nitrogens with zero attached hydrogens (tertiary/aromatic N) is 2. The molecule has 0 aliphatic carbocycles. The molecule has 0 heterocycles. The number of halogens is 5. The fourth-order valence-corrected chi connectivity index (χ4v) is 2.83. The third kappa shape index (κ3) is 10.6. The van der Waals surface area contributed by atoms with E-state index in [0.29, 0.717) is 36.7 Å². The zero-order valence-corrected chi connectivity index (χ0v) is 20.6. The Kier molecular flexibility index (Phi) is 11.9. The highest BCUT2D eigenvalue weighted by molar-refractivity contribution is 14.0. The standard InChI is InChI=1S/C22H28F4N4O.HI/c1-27-21(29-12-18-8-9-20(23)19(10-18)13-30(2)3)28-11-16-4-6-17(7-5-16)14-31-15-22(24,25)26;/h4-10H,11-15H2,1-3H3,(H2,27,28,29);1H. The van der Waals surface area contributed by atoms with E-state index in [1.807, 2.05) is 37.2 Å². The van der Waals surface area contributed by atoms with Gasteiger partial charge in [-0.3, -0.25) is 4.99 Å². The number of rotatable bonds is 9. The Hall–Kier alpha value is -1.92. The second-order valence-electron chi connectivity index (χ2n) is 7.37. The zero-order chi connectivity index (χ0) is 22.9. The van der Waals surface area contributed by atoms with Crippen LogP contribution < -0.4 is 10.6 Å². The van der Waals surface area contributed by atoms with Gasteiger partial charge in [-0.2, -0.15) is 13.2 Å². The Morgan fingerprint density at radius 1 is 0.969 bits per heavy atom. The summed E-state index contributed by atoms with van der Waals surface area (Å²) in [6.45, 7) is 0.130. The molecule has 2 N–H and O–H groups in total. The van der Waals surface area contributed by atoms with Gasteiger partial charge in [0.1, 0.15) is 12.4 Å². The van der Waals surface area contributed by atoms with E-state index in [9.17, 15) is 17.6 Å². The third-order valence-electron chi connectivity index (χ3n) is 4.30. The molecular weight excluding hydrogens is 539 g/mol. The topological polar surface area (TPSA) is 48.9 Å². The summed E-state index contributed by atoms with van der Waals surface area (Å²) in [6, 6.07) is 12.1. The third-order valence-corrected chi connectivity index (χ3v) is 4.30. The normalized spacial score (nSPS) is 11.9. The second-order valence-corrected chi connectivity index (χ2v) is 7.37. The predicted molar refractivity (Wildman–Crippen MR) is 128 cm³/mol. The van der Waals surface area contributed by atoms with Crippen LogP contribution in [0.5, 0.6) is 0 Å². The van der Waals surface area contributed by atoms with Gasteiger partial charge in [0.25, 0.3) is 0 Å². The van der Waals surface area contributed by atoms with Crippen molar-refractivity contribution in [1.82, 2.24) is 15.5 Å². The number of benzene rings is 2. The summed E-state index contributed by atoms with van der Waals surface area (Å²) in [4.78, 5) is 6.08. The smallest absolute Gasteiger partial charge is 0.367 e. The van der Waals surface area contributed by atoms with Gasteiger partial charge >= 0.3 is 6.18 Å². The summed E-state index contributed by atoms with van der Waals surface area (Å²) >= 11 is 0. The monoisotopic (exact) mass is 568 g/mol. The number of guanidine groups is 1. The van der Waals surface area contributed by atoms with Crippen molar-refractivity contribution in [3.63, 3.8) is 0 Å². The lowest BCUT2D eigenvalue weighted by Gasteiger charge is -2.14. The van der Waals surface area contributed by atoms with Gasteiger partial charge < -0.3 is 20.3 Å². The average Bonchev–Trinajstić information content (AvgIpc) is 2.70. The van der Waals surface area contributed by atoms with E-state index in [2.05, 4.69) is 20.4 Å². The molecule has 0 saturated heterocycles. The highest BCUT2D eigenvalue weighted by atomic mass is 127. The molecule has 0 aromatic heterocycles. The van der Waals surface area contributed by atoms with Crippen LogP contribution in [0.2, 0.25) is 0 Å². The van der Waals surface area contributed by atoms with E-state index >= 15 is 0 Å². The quantitative estimate of drug-likeness (QED) is 0.203. The van der Waals surface area contributed by atoms with Crippen molar-refractivity contribution in [2.45, 2.75) is 32.4 Å². The molecule has 0 spiro atoms. The van der Waals surface area contributed by atoms with Gasteiger partial charge in [0.15, 0.2) is 5.96 Å². The van der Waals surface area contributed by atoms with E-state index in [0.717, 1.165) is 11.1 Å². The van der Waals surface area contributed by atoms with Crippen LogP contribution in [0.3, 0.4) is 0 Å². The molecule has 0 aliphatic heterocycles. The Bertz CT molecular complexity index is 858. The minimum Gasteiger partial charge on any atom is -0.367 e. The number of nitrogens with one attached hydrogen (secondary N) is 2. The van der Waals surface area contributed by atoms with Crippen molar-refractivity contribution in [2.24, 2.45) is 4.99 Å². The minimum absolute atomic E-state index is 0. The largest absolute Gasteiger partial charge is 0.411 e. The first kappa shape index (κ1) is 28.1. The van der Waals surface area contributed by atoms with Crippen LogP contribution in [0, 0.1) is 5.82 Å². The molecule has 0 bridgehead atoms. The highest BCUT2D eigenvalue weighted by Crippen LogP contribution is 2.16. The van der Waals surface area contributed by atoms with E-state index in [1.165, 1.54) is 6.07 Å². The molecule has 0 fully saturated rings. The van der Waals surface area contributed by atoms with Gasteiger partial charge in [-0.25, -0.2) is 4.39 Å². The van der Waals surface area contributed by atoms with Crippen LogP contribution in [0.4, 0.5) is 17.6 Å². The second kappa shape index (κ2) is 13.6. The van der Waals surface area contributed by atoms with Gasteiger partial charge in [-0.15, -0.1) is 24.0 Å². The van der Waals surface area contributed by atoms with Crippen LogP contribution in [-0.4, -0.2) is 44.8 Å². The van der Waals surface area contributed by atoms with Crippen LogP contribution in [0.25, 0.3) is 0 Å². The Balaban J connectivity index is 0.00000512. The summed E-state index contributed by atoms with van der Waals surface area (Å²) in [5.41, 5.74) is 3.17. The summed E-state index contributed by atoms with van der Waals surface area (Å²) in [6.07, 6.45) is -4.32. The number of hydrogen-bond acceptors (Lipinski definition) is 3. The first-order chi connectivity index (χ1) is 14.7. The minimum atomic E-state index is -4.32. The van der Waals surface area contributed by atoms with Gasteiger partial charge in [-0.05, 0) is 42.9 Å². The number of aliphatic imine (C=N–C) groups is 1. The molecule has 178 valence electrons. The lowest BCUT2D eigenvalue weighted by atomic mass is 10.1. The molecule has 2 aromatic rings. The van der Waals surface area contributed by atoms with Gasteiger partial charge in [-0.1, -0.05) is 30.3 Å². The van der Waals surface area contributed by atoms with Gasteiger partial charge in [0, 0.05) is 32.2 Å². The molecule has 0 atom stereocenters. The highest BCUT2D eigenvalue weighted by Gasteiger charge is 2.27. The van der Waals surface area contributed by atoms with Crippen LogP contribution in [0.1, 0.15) is 22.3 Å². The summed E-state index contributed by atoms with van der Waals surface area (Å²) in [7, 11) is 5.43. The van der Waals surface area contributed by atoms with Crippen LogP contribution >= 0.6 is 24.0 Å². The van der Waals surface area contributed by atoms with E-state index in [4.69, 9.17) is 0 Å². The Morgan fingerprint density at radius 3 is 2.09 bits per heavy atom. The van der Waals surface area contributed by atoms with Crippen molar-refractivity contribution < 1.29 is 22.3 Å². The average molecular weight is 568 g/mol. The molecular formula is C22H29F4IN4O. The molecule has 0 unspecified atom stereocenters. The Morgan fingerprint density at radius 2 is 1.53 bits per heavy atom. The van der Waals surface area contributed by atoms with Crippen molar-refractivity contribution >= 4 is 29.9 Å². The SMILES string of the molecule is CN=C(NCc1ccc(COCC(F)(F)F)cc1)NCc1ccc(F)c(CN(C)C)c1.I. The van der Waals surface area contributed by atoms with Crippen molar-refractivity contribution in [1.29, 1.82) is 0 Å². The van der Waals surface area contributed by atoms with Crippen LogP contribution in [0.15, 0.2) is 47.5 Å². The maximum Gasteiger partial charge on any atom is 0.411 e. The van der Waals surface area contributed by atoms with E-state index in [1.54, 1.807) is 25.2 Å². The number of ether oxygens (including phenoxy) is 1. The fraction of sp³-hybridized carbons (Fsp3) is 0.409. The molecule has 2 rings (SSSR count). The van der Waals surface area contributed by atoms with Crippen molar-refractivity contribution in [3.8, 4) is 0 Å². The summed E-state index contributed by atoms with van der Waals surface area (Å²) in [5, 5.41) is 6.36. The fourth-order valence-electron chi connectivity index (χ4n) is 2.83. The van der Waals surface area contributed by atoms with Crippen molar-refractivity contribution in [3.05, 3.63) is 70.5 Å². The first-order valence-corrected chi connectivity index (χ1v) is 9.75. The molecule has 0 saturated carbocycles. The lowest BCUT2D eigenvalue weighted by molar-refractivity contribution is -0.176. The molecule has 32 heavy (non-hydrogen) atoms. The predicted octanol–water partition coefficient (Wildman–Crippen LogP) is 4.45. The maximum atomic E-state index is 13.9. The number of hydrogen-bond donors (Lipinski definition) is 2. The van der Waals surface area contributed by atoms with E-state index < -0.39 is 12.8 Å². The van der Waals surface area contributed by atoms with Gasteiger partial charge in [0.2, 0.25) is 0 Å². The summed E-state index contributed by atoms with van der Waals surface area (Å²) in [5.74, 6) is 0.350. The van der Waals surface area contributed by atoms with E-state index in [-0.39, 0.29) is 36.4 Å². The molecule has 0 radical (unpaired) electrons. The summed E-state index contributed by atoms with van der Waals surface area (Å²) < 4.78 is 54.9. The molecule has 10 heteroatoms. The number of alkyl halides is 3. The lowest BCUT2D eigenvalue weighted by Crippen LogP contribution is -2.36. The molecule has 0 aliphatic rings. The maximum absolute atomic E-state index is 13.9. The Labute approximate surface area is 203 Å². The van der Waals surface area contributed by atoms with Crippen molar-refractivity contribution in [2.75, 3.05) is 27.7 Å². The molecule has 2 aromatic carbocycles.